The Labute approximate surface area is 225 Å². The molecule has 8 nitrogen and oxygen atoms in total. The maximum atomic E-state index is 14.2. The van der Waals surface area contributed by atoms with E-state index in [0.29, 0.717) is 27.9 Å². The van der Waals surface area contributed by atoms with Gasteiger partial charge in [0.1, 0.15) is 17.5 Å². The van der Waals surface area contributed by atoms with Crippen LogP contribution in [0.2, 0.25) is 0 Å². The maximum absolute atomic E-state index is 14.2. The maximum Gasteiger partial charge on any atom is 0.276 e. The highest BCUT2D eigenvalue weighted by molar-refractivity contribution is 5.94. The van der Waals surface area contributed by atoms with Crippen LogP contribution in [0.5, 0.6) is 0 Å². The molecule has 0 fully saturated rings. The Morgan fingerprint density at radius 2 is 1.77 bits per heavy atom. The number of H-pyrrole nitrogens is 1. The number of aromatic nitrogens is 4. The van der Waals surface area contributed by atoms with Crippen LogP contribution in [0.4, 0.5) is 13.2 Å². The first-order valence-corrected chi connectivity index (χ1v) is 12.2. The number of aromatic amines is 1. The second kappa shape index (κ2) is 11.0. The number of hydrogen-bond donors (Lipinski definition) is 2. The lowest BCUT2D eigenvalue weighted by atomic mass is 9.86. The Morgan fingerprint density at radius 3 is 2.52 bits per heavy atom. The van der Waals surface area contributed by atoms with E-state index in [-0.39, 0.29) is 41.8 Å². The van der Waals surface area contributed by atoms with Crippen molar-refractivity contribution in [3.63, 3.8) is 0 Å². The highest BCUT2D eigenvalue weighted by atomic mass is 19.1. The number of nitrogens with one attached hydrogen (secondary N) is 1. The molecular formula is C29H22F3N5O3. The second-order valence-corrected chi connectivity index (χ2v) is 9.33. The Morgan fingerprint density at radius 1 is 1.00 bits per heavy atom. The number of nitrogens with two attached hydrogens (primary N) is 1. The Hall–Kier alpha value is -5.06. The SMILES string of the molecule is NC(=O)c1cc(-c2cccnc2[C@@H](CC(=O)Cn2cnc3c(=O)[nH]ccc32)Cc2cc(F)cc(F)c2)ccc1F. The van der Waals surface area contributed by atoms with Gasteiger partial charge in [-0.3, -0.25) is 19.4 Å². The summed E-state index contributed by atoms with van der Waals surface area (Å²) in [6, 6.07) is 12.0. The fourth-order valence-electron chi connectivity index (χ4n) is 4.81. The number of halogens is 3. The predicted molar refractivity (Wildman–Crippen MR) is 141 cm³/mol. The zero-order valence-corrected chi connectivity index (χ0v) is 20.9. The molecular weight excluding hydrogens is 523 g/mol. The molecule has 11 heteroatoms. The van der Waals surface area contributed by atoms with Crippen LogP contribution >= 0.6 is 0 Å². The van der Waals surface area contributed by atoms with E-state index in [1.54, 1.807) is 22.8 Å². The van der Waals surface area contributed by atoms with E-state index in [2.05, 4.69) is 15.0 Å². The molecule has 1 amide bonds. The number of rotatable bonds is 9. The lowest BCUT2D eigenvalue weighted by molar-refractivity contribution is -0.120. The van der Waals surface area contributed by atoms with Crippen LogP contribution in [0.25, 0.3) is 22.2 Å². The van der Waals surface area contributed by atoms with Gasteiger partial charge >= 0.3 is 0 Å². The number of imidazole rings is 1. The van der Waals surface area contributed by atoms with E-state index in [1.165, 1.54) is 43.0 Å². The lowest BCUT2D eigenvalue weighted by Crippen LogP contribution is -2.17. The number of carbonyl (C=O) groups is 2. The third-order valence-electron chi connectivity index (χ3n) is 6.54. The fourth-order valence-corrected chi connectivity index (χ4v) is 4.81. The molecule has 0 aliphatic carbocycles. The van der Waals surface area contributed by atoms with Crippen molar-refractivity contribution in [1.82, 2.24) is 19.5 Å². The molecule has 3 N–H and O–H groups in total. The standard InChI is InChI=1S/C29H22F3N5O3/c30-19-9-16(10-20(31)13-19)8-18(11-21(38)14-37-15-36-27-25(37)5-7-35-29(27)40)26-22(2-1-6-34-26)17-3-4-24(32)23(12-17)28(33)39/h1-7,9-10,12-13,15,18H,8,11,14H2,(H2,33,39)(H,35,40)/t18-/m1/s1. The molecule has 0 aliphatic rings. The summed E-state index contributed by atoms with van der Waals surface area (Å²) in [6.07, 6.45) is 4.33. The summed E-state index contributed by atoms with van der Waals surface area (Å²) in [5, 5.41) is 0. The normalized spacial score (nSPS) is 12.0. The van der Waals surface area contributed by atoms with Crippen molar-refractivity contribution in [2.45, 2.75) is 25.3 Å². The van der Waals surface area contributed by atoms with Gasteiger partial charge in [-0.2, -0.15) is 0 Å². The number of primary amides is 1. The first-order chi connectivity index (χ1) is 19.2. The summed E-state index contributed by atoms with van der Waals surface area (Å²) in [4.78, 5) is 48.2. The molecule has 0 saturated heterocycles. The predicted octanol–water partition coefficient (Wildman–Crippen LogP) is 4.29. The third-order valence-corrected chi connectivity index (χ3v) is 6.54. The molecule has 5 aromatic rings. The molecule has 0 saturated carbocycles. The first kappa shape index (κ1) is 26.5. The average molecular weight is 546 g/mol. The molecule has 2 aromatic carbocycles. The molecule has 3 aromatic heterocycles. The number of benzene rings is 2. The molecule has 202 valence electrons. The smallest absolute Gasteiger partial charge is 0.276 e. The summed E-state index contributed by atoms with van der Waals surface area (Å²) >= 11 is 0. The molecule has 0 radical (unpaired) electrons. The average Bonchev–Trinajstić information content (AvgIpc) is 3.31. The van der Waals surface area contributed by atoms with Crippen molar-refractivity contribution in [2.24, 2.45) is 5.73 Å². The number of amides is 1. The van der Waals surface area contributed by atoms with Crippen LogP contribution in [-0.2, 0) is 17.8 Å². The molecule has 5 rings (SSSR count). The summed E-state index contributed by atoms with van der Waals surface area (Å²) in [7, 11) is 0. The second-order valence-electron chi connectivity index (χ2n) is 9.33. The van der Waals surface area contributed by atoms with Crippen LogP contribution in [0.15, 0.2) is 78.1 Å². The highest BCUT2D eigenvalue weighted by Crippen LogP contribution is 2.33. The summed E-state index contributed by atoms with van der Waals surface area (Å²) in [5.74, 6) is -4.17. The molecule has 0 unspecified atom stereocenters. The third kappa shape index (κ3) is 5.53. The minimum absolute atomic E-state index is 0.0542. The van der Waals surface area contributed by atoms with Gasteiger partial charge in [0.2, 0.25) is 0 Å². The van der Waals surface area contributed by atoms with Gasteiger partial charge in [-0.05, 0) is 53.9 Å². The molecule has 40 heavy (non-hydrogen) atoms. The Balaban J connectivity index is 1.53. The van der Waals surface area contributed by atoms with Gasteiger partial charge in [-0.1, -0.05) is 12.1 Å². The number of hydrogen-bond acceptors (Lipinski definition) is 5. The highest BCUT2D eigenvalue weighted by Gasteiger charge is 2.24. The fraction of sp³-hybridized carbons (Fsp3) is 0.138. The number of fused-ring (bicyclic) bond motifs is 1. The van der Waals surface area contributed by atoms with Crippen molar-refractivity contribution < 1.29 is 22.8 Å². The number of ketones is 1. The summed E-state index contributed by atoms with van der Waals surface area (Å²) in [6.45, 7) is -0.113. The van der Waals surface area contributed by atoms with Gasteiger partial charge in [-0.25, -0.2) is 18.2 Å². The van der Waals surface area contributed by atoms with Crippen LogP contribution in [0.1, 0.15) is 34.0 Å². The van der Waals surface area contributed by atoms with Crippen LogP contribution < -0.4 is 11.3 Å². The molecule has 0 aliphatic heterocycles. The van der Waals surface area contributed by atoms with Crippen LogP contribution in [0.3, 0.4) is 0 Å². The van der Waals surface area contributed by atoms with E-state index in [1.807, 2.05) is 0 Å². The number of pyridine rings is 2. The summed E-state index contributed by atoms with van der Waals surface area (Å²) < 4.78 is 43.8. The van der Waals surface area contributed by atoms with E-state index in [0.717, 1.165) is 12.1 Å². The van der Waals surface area contributed by atoms with Crippen molar-refractivity contribution in [3.8, 4) is 11.1 Å². The van der Waals surface area contributed by atoms with Crippen molar-refractivity contribution in [3.05, 3.63) is 118 Å². The number of nitrogens with zero attached hydrogens (tertiary/aromatic N) is 3. The number of Topliss-reactive ketones (excluding diaryl/α,β-unsaturated/α-hetero) is 1. The largest absolute Gasteiger partial charge is 0.366 e. The quantitative estimate of drug-likeness (QED) is 0.286. The van der Waals surface area contributed by atoms with Crippen LogP contribution in [-0.4, -0.2) is 31.2 Å². The summed E-state index contributed by atoms with van der Waals surface area (Å²) in [5.41, 5.74) is 6.95. The first-order valence-electron chi connectivity index (χ1n) is 12.2. The Bertz CT molecular complexity index is 1790. The van der Waals surface area contributed by atoms with Gasteiger partial charge in [0.15, 0.2) is 11.3 Å². The topological polar surface area (TPSA) is 124 Å². The van der Waals surface area contributed by atoms with Gasteiger partial charge in [0.05, 0.1) is 29.6 Å². The Kier molecular flexibility index (Phi) is 7.28. The van der Waals surface area contributed by atoms with E-state index in [4.69, 9.17) is 5.73 Å². The molecule has 3 heterocycles. The molecule has 1 atom stereocenters. The minimum atomic E-state index is -0.946. The van der Waals surface area contributed by atoms with E-state index >= 15 is 0 Å². The molecule has 0 bridgehead atoms. The lowest BCUT2D eigenvalue weighted by Gasteiger charge is -2.20. The van der Waals surface area contributed by atoms with Crippen molar-refractivity contribution in [1.29, 1.82) is 0 Å². The minimum Gasteiger partial charge on any atom is -0.366 e. The van der Waals surface area contributed by atoms with E-state index < -0.39 is 29.3 Å². The molecule has 0 spiro atoms. The zero-order valence-electron chi connectivity index (χ0n) is 20.9. The van der Waals surface area contributed by atoms with Crippen LogP contribution in [0, 0.1) is 17.5 Å². The number of carbonyl (C=O) groups excluding carboxylic acids is 2. The van der Waals surface area contributed by atoms with E-state index in [9.17, 15) is 27.6 Å². The van der Waals surface area contributed by atoms with Gasteiger partial charge < -0.3 is 15.3 Å². The van der Waals surface area contributed by atoms with Gasteiger partial charge in [0.25, 0.3) is 11.5 Å². The van der Waals surface area contributed by atoms with Gasteiger partial charge in [0, 0.05) is 36.4 Å². The van der Waals surface area contributed by atoms with Crippen molar-refractivity contribution in [2.75, 3.05) is 0 Å². The van der Waals surface area contributed by atoms with Gasteiger partial charge in [-0.15, -0.1) is 0 Å². The monoisotopic (exact) mass is 545 g/mol. The zero-order chi connectivity index (χ0) is 28.4. The van der Waals surface area contributed by atoms with Crippen molar-refractivity contribution >= 4 is 22.7 Å².